The second-order valence-electron chi connectivity index (χ2n) is 6.46. The van der Waals surface area contributed by atoms with Gasteiger partial charge in [0, 0.05) is 37.1 Å². The third kappa shape index (κ3) is 2.70. The van der Waals surface area contributed by atoms with Gasteiger partial charge in [-0.15, -0.1) is 0 Å². The van der Waals surface area contributed by atoms with Gasteiger partial charge in [-0.25, -0.2) is 4.98 Å². The highest BCUT2D eigenvalue weighted by molar-refractivity contribution is 7.22. The maximum atomic E-state index is 12.3. The number of rotatable bonds is 2. The van der Waals surface area contributed by atoms with Gasteiger partial charge in [-0.05, 0) is 37.5 Å². The Morgan fingerprint density at radius 2 is 2.00 bits per heavy atom. The van der Waals surface area contributed by atoms with Gasteiger partial charge in [-0.2, -0.15) is 0 Å². The van der Waals surface area contributed by atoms with E-state index in [9.17, 15) is 4.79 Å². The van der Waals surface area contributed by atoms with Crippen LogP contribution in [0.1, 0.15) is 24.8 Å². The van der Waals surface area contributed by atoms with Crippen LogP contribution in [0, 0.1) is 12.8 Å². The van der Waals surface area contributed by atoms with Crippen molar-refractivity contribution in [3.63, 3.8) is 0 Å². The van der Waals surface area contributed by atoms with Crippen LogP contribution >= 0.6 is 22.9 Å². The number of carbonyl (C=O) groups excluding carboxylic acids is 1. The maximum Gasteiger partial charge on any atom is 0.225 e. The molecule has 0 N–H and O–H groups in total. The number of piperazine rings is 1. The third-order valence-electron chi connectivity index (χ3n) is 5.05. The molecule has 1 amide bonds. The topological polar surface area (TPSA) is 36.4 Å². The zero-order valence-electron chi connectivity index (χ0n) is 13.2. The number of benzene rings is 1. The maximum absolute atomic E-state index is 12.3. The Bertz CT molecular complexity index is 748. The summed E-state index contributed by atoms with van der Waals surface area (Å²) < 4.78 is 1.18. The third-order valence-corrected chi connectivity index (χ3v) is 6.54. The molecule has 1 aliphatic heterocycles. The first kappa shape index (κ1) is 15.2. The number of hydrogen-bond donors (Lipinski definition) is 0. The smallest absolute Gasteiger partial charge is 0.225 e. The molecule has 1 aliphatic carbocycles. The molecule has 2 aromatic rings. The molecule has 0 bridgehead atoms. The van der Waals surface area contributed by atoms with Crippen molar-refractivity contribution >= 4 is 44.2 Å². The number of hydrogen-bond acceptors (Lipinski definition) is 4. The fraction of sp³-hybridized carbons (Fsp3) is 0.529. The minimum Gasteiger partial charge on any atom is -0.345 e. The predicted molar refractivity (Wildman–Crippen MR) is 95.5 cm³/mol. The first-order valence-electron chi connectivity index (χ1n) is 8.23. The Labute approximate surface area is 145 Å². The van der Waals surface area contributed by atoms with E-state index in [-0.39, 0.29) is 0 Å². The van der Waals surface area contributed by atoms with Gasteiger partial charge in [-0.3, -0.25) is 4.79 Å². The largest absolute Gasteiger partial charge is 0.345 e. The van der Waals surface area contributed by atoms with E-state index in [1.807, 2.05) is 24.0 Å². The number of carbonyl (C=O) groups is 1. The van der Waals surface area contributed by atoms with Crippen molar-refractivity contribution < 1.29 is 4.79 Å². The summed E-state index contributed by atoms with van der Waals surface area (Å²) in [5.74, 6) is 0.664. The summed E-state index contributed by atoms with van der Waals surface area (Å²) in [6.45, 7) is 5.37. The lowest BCUT2D eigenvalue weighted by Crippen LogP contribution is -2.51. The highest BCUT2D eigenvalue weighted by atomic mass is 35.5. The van der Waals surface area contributed by atoms with E-state index in [1.54, 1.807) is 11.3 Å². The summed E-state index contributed by atoms with van der Waals surface area (Å²) in [6.07, 6.45) is 3.37. The van der Waals surface area contributed by atoms with Gasteiger partial charge in [0.1, 0.15) is 0 Å². The molecule has 4 nitrogen and oxygen atoms in total. The number of aryl methyl sites for hydroxylation is 1. The van der Waals surface area contributed by atoms with Crippen LogP contribution in [0.4, 0.5) is 5.13 Å². The van der Waals surface area contributed by atoms with Crippen LogP contribution in [0.15, 0.2) is 12.1 Å². The standard InChI is InChI=1S/C17H20ClN3OS/c1-11-13(18)5-6-14-15(11)19-17(23-14)21-9-7-20(8-10-21)16(22)12-3-2-4-12/h5-6,12H,2-4,7-10H2,1H3. The predicted octanol–water partition coefficient (Wildman–Crippen LogP) is 3.71. The van der Waals surface area contributed by atoms with E-state index in [0.717, 1.165) is 60.3 Å². The molecule has 4 rings (SSSR count). The van der Waals surface area contributed by atoms with Gasteiger partial charge in [0.25, 0.3) is 0 Å². The number of nitrogens with zero attached hydrogens (tertiary/aromatic N) is 3. The molecule has 1 saturated carbocycles. The zero-order valence-corrected chi connectivity index (χ0v) is 14.8. The molecule has 2 heterocycles. The lowest BCUT2D eigenvalue weighted by atomic mass is 9.84. The van der Waals surface area contributed by atoms with Crippen LogP contribution in [0.3, 0.4) is 0 Å². The summed E-state index contributed by atoms with van der Waals surface area (Å²) in [5, 5.41) is 1.81. The number of thiazole rings is 1. The van der Waals surface area contributed by atoms with Crippen LogP contribution in [0.25, 0.3) is 10.2 Å². The number of amides is 1. The first-order valence-corrected chi connectivity index (χ1v) is 9.42. The Hall–Kier alpha value is -1.33. The van der Waals surface area contributed by atoms with Crippen LogP contribution in [0.5, 0.6) is 0 Å². The lowest BCUT2D eigenvalue weighted by Gasteiger charge is -2.38. The Balaban J connectivity index is 1.48. The van der Waals surface area contributed by atoms with Gasteiger partial charge < -0.3 is 9.80 Å². The van der Waals surface area contributed by atoms with E-state index >= 15 is 0 Å². The minimum absolute atomic E-state index is 0.300. The molecular weight excluding hydrogens is 330 g/mol. The Kier molecular flexibility index (Phi) is 3.93. The molecule has 2 fully saturated rings. The van der Waals surface area contributed by atoms with Crippen molar-refractivity contribution in [1.29, 1.82) is 0 Å². The minimum atomic E-state index is 0.300. The molecule has 2 aliphatic rings. The molecule has 0 spiro atoms. The zero-order chi connectivity index (χ0) is 16.0. The van der Waals surface area contributed by atoms with Gasteiger partial charge in [0.15, 0.2) is 5.13 Å². The SMILES string of the molecule is Cc1c(Cl)ccc2sc(N3CCN(C(=O)C4CCC4)CC3)nc12. The van der Waals surface area contributed by atoms with Crippen LogP contribution in [-0.2, 0) is 4.79 Å². The van der Waals surface area contributed by atoms with Crippen molar-refractivity contribution in [3.05, 3.63) is 22.7 Å². The molecule has 0 atom stereocenters. The molecule has 0 radical (unpaired) electrons. The van der Waals surface area contributed by atoms with Crippen molar-refractivity contribution in [1.82, 2.24) is 9.88 Å². The highest BCUT2D eigenvalue weighted by Gasteiger charge is 2.31. The fourth-order valence-electron chi connectivity index (χ4n) is 3.26. The van der Waals surface area contributed by atoms with Crippen molar-refractivity contribution in [3.8, 4) is 0 Å². The summed E-state index contributed by atoms with van der Waals surface area (Å²) in [7, 11) is 0. The van der Waals surface area contributed by atoms with E-state index in [4.69, 9.17) is 16.6 Å². The second-order valence-corrected chi connectivity index (χ2v) is 7.87. The van der Waals surface area contributed by atoms with Gasteiger partial charge in [-0.1, -0.05) is 29.4 Å². The summed E-state index contributed by atoms with van der Waals surface area (Å²) in [5.41, 5.74) is 2.05. The molecular formula is C17H20ClN3OS. The first-order chi connectivity index (χ1) is 11.1. The molecule has 122 valence electrons. The van der Waals surface area contributed by atoms with Crippen LogP contribution in [0.2, 0.25) is 5.02 Å². The molecule has 1 aromatic carbocycles. The highest BCUT2D eigenvalue weighted by Crippen LogP contribution is 2.34. The summed E-state index contributed by atoms with van der Waals surface area (Å²) >= 11 is 7.90. The van der Waals surface area contributed by atoms with Crippen LogP contribution in [-0.4, -0.2) is 42.0 Å². The number of fused-ring (bicyclic) bond motifs is 1. The molecule has 23 heavy (non-hydrogen) atoms. The normalized spacial score (nSPS) is 19.2. The van der Waals surface area contributed by atoms with Crippen molar-refractivity contribution in [2.75, 3.05) is 31.1 Å². The molecule has 1 aromatic heterocycles. The number of anilines is 1. The average Bonchev–Trinajstić information content (AvgIpc) is 2.94. The van der Waals surface area contributed by atoms with E-state index < -0.39 is 0 Å². The van der Waals surface area contributed by atoms with E-state index in [2.05, 4.69) is 4.90 Å². The number of halogens is 1. The van der Waals surface area contributed by atoms with Gasteiger partial charge >= 0.3 is 0 Å². The van der Waals surface area contributed by atoms with Gasteiger partial charge in [0.05, 0.1) is 10.2 Å². The summed E-state index contributed by atoms with van der Waals surface area (Å²) in [4.78, 5) is 21.4. The lowest BCUT2D eigenvalue weighted by molar-refractivity contribution is -0.138. The average molecular weight is 350 g/mol. The van der Waals surface area contributed by atoms with E-state index in [0.29, 0.717) is 11.8 Å². The summed E-state index contributed by atoms with van der Waals surface area (Å²) in [6, 6.07) is 3.98. The Morgan fingerprint density at radius 1 is 1.26 bits per heavy atom. The molecule has 1 saturated heterocycles. The fourth-order valence-corrected chi connectivity index (χ4v) is 4.48. The number of aromatic nitrogens is 1. The van der Waals surface area contributed by atoms with Gasteiger partial charge in [0.2, 0.25) is 5.91 Å². The quantitative estimate of drug-likeness (QED) is 0.829. The monoisotopic (exact) mass is 349 g/mol. The van der Waals surface area contributed by atoms with Crippen LogP contribution < -0.4 is 4.90 Å². The second kappa shape index (κ2) is 5.95. The Morgan fingerprint density at radius 3 is 2.65 bits per heavy atom. The van der Waals surface area contributed by atoms with Crippen molar-refractivity contribution in [2.45, 2.75) is 26.2 Å². The van der Waals surface area contributed by atoms with E-state index in [1.165, 1.54) is 11.1 Å². The van der Waals surface area contributed by atoms with Crippen molar-refractivity contribution in [2.24, 2.45) is 5.92 Å². The molecule has 0 unspecified atom stereocenters. The molecule has 6 heteroatoms.